The van der Waals surface area contributed by atoms with Gasteiger partial charge in [-0.05, 0) is 30.9 Å². The molecule has 7 heteroatoms. The Kier molecular flexibility index (Phi) is 4.13. The quantitative estimate of drug-likeness (QED) is 0.426. The number of ketones is 1. The molecule has 5 rings (SSSR count). The van der Waals surface area contributed by atoms with E-state index in [4.69, 9.17) is 14.2 Å². The van der Waals surface area contributed by atoms with Crippen molar-refractivity contribution in [1.82, 2.24) is 4.90 Å². The molecular weight excluding hydrogens is 386 g/mol. The number of hydrogen-bond donors (Lipinski definition) is 0. The largest absolute Gasteiger partial charge is 0.477 e. The van der Waals surface area contributed by atoms with Gasteiger partial charge in [-0.25, -0.2) is 0 Å². The van der Waals surface area contributed by atoms with Crippen molar-refractivity contribution in [3.63, 3.8) is 0 Å². The smallest absolute Gasteiger partial charge is 0.308 e. The fourth-order valence-corrected chi connectivity index (χ4v) is 6.46. The molecule has 7 nitrogen and oxygen atoms in total. The predicted octanol–water partition coefficient (Wildman–Crippen LogP) is 2.09. The Labute approximate surface area is 175 Å². The summed E-state index contributed by atoms with van der Waals surface area (Å²) in [6, 6.07) is 3.61. The first-order valence-electron chi connectivity index (χ1n) is 10.4. The Morgan fingerprint density at radius 3 is 2.80 bits per heavy atom. The number of hydrogen-bond acceptors (Lipinski definition) is 7. The first-order valence-corrected chi connectivity index (χ1v) is 10.4. The zero-order valence-corrected chi connectivity index (χ0v) is 17.2. The van der Waals surface area contributed by atoms with E-state index in [0.717, 1.165) is 17.7 Å². The van der Waals surface area contributed by atoms with Gasteiger partial charge in [0.15, 0.2) is 23.4 Å². The van der Waals surface area contributed by atoms with Crippen LogP contribution in [0.5, 0.6) is 11.5 Å². The van der Waals surface area contributed by atoms with Crippen LogP contribution in [0.25, 0.3) is 0 Å². The fraction of sp³-hybridized carbons (Fsp3) is 0.522. The topological polar surface area (TPSA) is 82.1 Å². The second-order valence-electron chi connectivity index (χ2n) is 8.69. The SMILES string of the molecule is C=CCN1CC[C@]23c4c5ccc(OC(C)=O)c4O[C@H]2C(=O)CC[C@]3(OC(C)=O)[C@H]1C5. The van der Waals surface area contributed by atoms with Gasteiger partial charge in [0, 0.05) is 38.9 Å². The van der Waals surface area contributed by atoms with Crippen molar-refractivity contribution in [2.24, 2.45) is 0 Å². The van der Waals surface area contributed by atoms with Gasteiger partial charge >= 0.3 is 11.9 Å². The van der Waals surface area contributed by atoms with Crippen LogP contribution in [0.15, 0.2) is 24.8 Å². The molecule has 0 N–H and O–H groups in total. The lowest BCUT2D eigenvalue weighted by atomic mass is 9.48. The van der Waals surface area contributed by atoms with Crippen molar-refractivity contribution in [3.05, 3.63) is 35.9 Å². The van der Waals surface area contributed by atoms with Crippen LogP contribution in [-0.4, -0.2) is 53.5 Å². The summed E-state index contributed by atoms with van der Waals surface area (Å²) in [5, 5.41) is 0. The standard InChI is InChI=1S/C23H25NO6/c1-4-10-24-11-9-22-19-15-5-6-17(28-13(2)25)20(19)29-21(22)16(27)7-8-23(22,18(24)12-15)30-14(3)26/h4-6,18,21H,1,7-12H2,2-3H3/t18-,21+,22+,23+/m1/s1. The number of benzene rings is 1. The number of nitrogens with zero attached hydrogens (tertiary/aromatic N) is 1. The van der Waals surface area contributed by atoms with Gasteiger partial charge in [-0.2, -0.15) is 0 Å². The normalized spacial score (nSPS) is 33.3. The third-order valence-corrected chi connectivity index (χ3v) is 7.26. The summed E-state index contributed by atoms with van der Waals surface area (Å²) in [4.78, 5) is 39.4. The fourth-order valence-electron chi connectivity index (χ4n) is 6.46. The lowest BCUT2D eigenvalue weighted by Gasteiger charge is -2.63. The van der Waals surface area contributed by atoms with Gasteiger partial charge in [0.1, 0.15) is 5.60 Å². The molecule has 4 atom stereocenters. The van der Waals surface area contributed by atoms with Gasteiger partial charge in [0.05, 0.1) is 11.5 Å². The van der Waals surface area contributed by atoms with Crippen LogP contribution in [0.3, 0.4) is 0 Å². The van der Waals surface area contributed by atoms with Crippen molar-refractivity contribution in [1.29, 1.82) is 0 Å². The maximum atomic E-state index is 13.1. The maximum Gasteiger partial charge on any atom is 0.308 e. The lowest BCUT2D eigenvalue weighted by molar-refractivity contribution is -0.213. The summed E-state index contributed by atoms with van der Waals surface area (Å²) in [5.41, 5.74) is 0.302. The summed E-state index contributed by atoms with van der Waals surface area (Å²) in [6.45, 7) is 8.07. The first kappa shape index (κ1) is 19.3. The van der Waals surface area contributed by atoms with Crippen LogP contribution in [0, 0.1) is 0 Å². The average molecular weight is 411 g/mol. The molecule has 0 aromatic heterocycles. The third-order valence-electron chi connectivity index (χ3n) is 7.26. The Hall–Kier alpha value is -2.67. The van der Waals surface area contributed by atoms with Crippen molar-refractivity contribution in [3.8, 4) is 11.5 Å². The van der Waals surface area contributed by atoms with E-state index >= 15 is 0 Å². The van der Waals surface area contributed by atoms with Crippen LogP contribution >= 0.6 is 0 Å². The molecule has 2 aliphatic heterocycles. The number of esters is 2. The summed E-state index contributed by atoms with van der Waals surface area (Å²) < 4.78 is 17.9. The molecule has 0 amide bonds. The van der Waals surface area contributed by atoms with Gasteiger partial charge in [0.2, 0.25) is 0 Å². The Balaban J connectivity index is 1.78. The van der Waals surface area contributed by atoms with Gasteiger partial charge < -0.3 is 14.2 Å². The predicted molar refractivity (Wildman–Crippen MR) is 106 cm³/mol. The number of rotatable bonds is 4. The van der Waals surface area contributed by atoms with Gasteiger partial charge in [-0.1, -0.05) is 12.1 Å². The molecule has 2 aliphatic carbocycles. The highest BCUT2D eigenvalue weighted by atomic mass is 16.6. The second kappa shape index (κ2) is 6.41. The summed E-state index contributed by atoms with van der Waals surface area (Å²) in [7, 11) is 0. The number of carbonyl (C=O) groups is 3. The van der Waals surface area contributed by atoms with Crippen LogP contribution in [0.2, 0.25) is 0 Å². The molecule has 0 unspecified atom stereocenters. The Bertz CT molecular complexity index is 986. The molecule has 2 bridgehead atoms. The van der Waals surface area contributed by atoms with Gasteiger partial charge in [0.25, 0.3) is 0 Å². The van der Waals surface area contributed by atoms with Crippen molar-refractivity contribution in [2.45, 2.75) is 62.7 Å². The number of likely N-dealkylation sites (tertiary alicyclic amines) is 1. The monoisotopic (exact) mass is 411 g/mol. The lowest BCUT2D eigenvalue weighted by Crippen LogP contribution is -2.77. The van der Waals surface area contributed by atoms with E-state index in [1.165, 1.54) is 13.8 Å². The summed E-state index contributed by atoms with van der Waals surface area (Å²) >= 11 is 0. The molecular formula is C23H25NO6. The highest BCUT2D eigenvalue weighted by molar-refractivity contribution is 5.90. The molecule has 1 saturated carbocycles. The molecule has 1 aromatic carbocycles. The van der Waals surface area contributed by atoms with Crippen LogP contribution in [-0.2, 0) is 31.0 Å². The molecule has 2 heterocycles. The molecule has 30 heavy (non-hydrogen) atoms. The van der Waals surface area contributed by atoms with E-state index in [2.05, 4.69) is 11.5 Å². The number of ether oxygens (including phenoxy) is 3. The van der Waals surface area contributed by atoms with Crippen molar-refractivity contribution in [2.75, 3.05) is 13.1 Å². The van der Waals surface area contributed by atoms with E-state index in [1.54, 1.807) is 6.07 Å². The molecule has 1 spiro atoms. The molecule has 158 valence electrons. The summed E-state index contributed by atoms with van der Waals surface area (Å²) in [5.74, 6) is -0.0293. The number of piperidine rings is 1. The molecule has 4 aliphatic rings. The van der Waals surface area contributed by atoms with Crippen molar-refractivity contribution < 1.29 is 28.6 Å². The zero-order chi connectivity index (χ0) is 21.3. The van der Waals surface area contributed by atoms with Crippen LogP contribution in [0.4, 0.5) is 0 Å². The van der Waals surface area contributed by atoms with E-state index in [0.29, 0.717) is 37.3 Å². The van der Waals surface area contributed by atoms with E-state index in [-0.39, 0.29) is 24.2 Å². The molecule has 1 aromatic rings. The van der Waals surface area contributed by atoms with Crippen molar-refractivity contribution >= 4 is 17.7 Å². The minimum atomic E-state index is -0.869. The van der Waals surface area contributed by atoms with E-state index in [1.807, 2.05) is 12.1 Å². The second-order valence-corrected chi connectivity index (χ2v) is 8.69. The van der Waals surface area contributed by atoms with Gasteiger partial charge in [-0.3, -0.25) is 19.3 Å². The summed E-state index contributed by atoms with van der Waals surface area (Å²) in [6.07, 6.45) is 3.14. The van der Waals surface area contributed by atoms with Crippen LogP contribution in [0.1, 0.15) is 44.2 Å². The Morgan fingerprint density at radius 2 is 2.10 bits per heavy atom. The third kappa shape index (κ3) is 2.27. The number of carbonyl (C=O) groups excluding carboxylic acids is 3. The van der Waals surface area contributed by atoms with E-state index < -0.39 is 23.1 Å². The molecule has 0 radical (unpaired) electrons. The Morgan fingerprint density at radius 1 is 1.30 bits per heavy atom. The highest BCUT2D eigenvalue weighted by Crippen LogP contribution is 2.66. The molecule has 2 fully saturated rings. The molecule has 1 saturated heterocycles. The number of Topliss-reactive ketones (excluding diaryl/α,β-unsaturated/α-hetero) is 1. The minimum absolute atomic E-state index is 0.00604. The minimum Gasteiger partial charge on any atom is -0.477 e. The highest BCUT2D eigenvalue weighted by Gasteiger charge is 2.75. The van der Waals surface area contributed by atoms with Gasteiger partial charge in [-0.15, -0.1) is 6.58 Å². The maximum absolute atomic E-state index is 13.1. The first-order chi connectivity index (χ1) is 14.3. The van der Waals surface area contributed by atoms with E-state index in [9.17, 15) is 14.4 Å². The zero-order valence-electron chi connectivity index (χ0n) is 17.2. The van der Waals surface area contributed by atoms with Crippen LogP contribution < -0.4 is 9.47 Å². The average Bonchev–Trinajstić information content (AvgIpc) is 3.03.